The van der Waals surface area contributed by atoms with Crippen LogP contribution in [-0.4, -0.2) is 0 Å². The first-order valence-corrected chi connectivity index (χ1v) is 3.58. The second kappa shape index (κ2) is 2.78. The summed E-state index contributed by atoms with van der Waals surface area (Å²) in [6.45, 7) is 4.22. The third kappa shape index (κ3) is 1.15. The van der Waals surface area contributed by atoms with Gasteiger partial charge in [-0.05, 0) is 12.5 Å². The number of hydrogen-bond acceptors (Lipinski definition) is 2. The second-order valence-electron chi connectivity index (χ2n) is 2.55. The minimum Gasteiger partial charge on any atom is -0.467 e. The van der Waals surface area contributed by atoms with Gasteiger partial charge in [0.05, 0.1) is 12.0 Å². The van der Waals surface area contributed by atoms with Crippen LogP contribution in [0.2, 0.25) is 0 Å². The molecule has 0 bridgehead atoms. The van der Waals surface area contributed by atoms with Crippen molar-refractivity contribution in [3.8, 4) is 0 Å². The highest BCUT2D eigenvalue weighted by Gasteiger charge is 2.09. The van der Waals surface area contributed by atoms with Gasteiger partial charge in [0, 0.05) is 5.92 Å². The van der Waals surface area contributed by atoms with Crippen molar-refractivity contribution in [1.82, 2.24) is 0 Å². The van der Waals surface area contributed by atoms with E-state index in [4.69, 9.17) is 10.2 Å². The quantitative estimate of drug-likeness (QED) is 0.683. The molecule has 0 aliphatic carbocycles. The van der Waals surface area contributed by atoms with Crippen molar-refractivity contribution in [2.45, 2.75) is 26.2 Å². The van der Waals surface area contributed by atoms with Crippen molar-refractivity contribution >= 4 is 5.69 Å². The van der Waals surface area contributed by atoms with Crippen molar-refractivity contribution in [2.75, 3.05) is 5.73 Å². The Hall–Kier alpha value is -0.920. The van der Waals surface area contributed by atoms with Crippen LogP contribution >= 0.6 is 0 Å². The highest BCUT2D eigenvalue weighted by atomic mass is 16.3. The average molecular weight is 139 g/mol. The van der Waals surface area contributed by atoms with Gasteiger partial charge in [-0.15, -0.1) is 0 Å². The van der Waals surface area contributed by atoms with Crippen LogP contribution in [0.4, 0.5) is 5.69 Å². The van der Waals surface area contributed by atoms with E-state index in [-0.39, 0.29) is 0 Å². The van der Waals surface area contributed by atoms with E-state index in [0.717, 1.165) is 17.9 Å². The molecule has 2 N–H and O–H groups in total. The summed E-state index contributed by atoms with van der Waals surface area (Å²) in [5.74, 6) is 1.36. The smallest absolute Gasteiger partial charge is 0.129 e. The topological polar surface area (TPSA) is 39.2 Å². The van der Waals surface area contributed by atoms with Crippen LogP contribution in [-0.2, 0) is 0 Å². The van der Waals surface area contributed by atoms with Gasteiger partial charge in [0.1, 0.15) is 5.76 Å². The minimum absolute atomic E-state index is 0.440. The maximum absolute atomic E-state index is 5.62. The average Bonchev–Trinajstić information content (AvgIpc) is 2.34. The lowest BCUT2D eigenvalue weighted by atomic mass is 10.1. The van der Waals surface area contributed by atoms with Crippen molar-refractivity contribution in [3.63, 3.8) is 0 Å². The van der Waals surface area contributed by atoms with E-state index < -0.39 is 0 Å². The van der Waals surface area contributed by atoms with Crippen LogP contribution in [0.15, 0.2) is 16.7 Å². The molecule has 0 amide bonds. The number of nitrogens with two attached hydrogens (primary N) is 1. The summed E-state index contributed by atoms with van der Waals surface area (Å²) < 4.78 is 5.19. The Morgan fingerprint density at radius 1 is 1.70 bits per heavy atom. The lowest BCUT2D eigenvalue weighted by Gasteiger charge is -2.04. The van der Waals surface area contributed by atoms with Gasteiger partial charge in [-0.25, -0.2) is 0 Å². The van der Waals surface area contributed by atoms with Gasteiger partial charge in [0.2, 0.25) is 0 Å². The molecule has 0 aromatic carbocycles. The van der Waals surface area contributed by atoms with Crippen LogP contribution in [0.25, 0.3) is 0 Å². The van der Waals surface area contributed by atoms with Crippen molar-refractivity contribution < 1.29 is 4.42 Å². The van der Waals surface area contributed by atoms with Gasteiger partial charge < -0.3 is 10.2 Å². The van der Waals surface area contributed by atoms with Gasteiger partial charge in [-0.3, -0.25) is 0 Å². The summed E-state index contributed by atoms with van der Waals surface area (Å²) in [4.78, 5) is 0. The maximum Gasteiger partial charge on any atom is 0.129 e. The third-order valence-electron chi connectivity index (χ3n) is 1.79. The number of rotatable bonds is 2. The van der Waals surface area contributed by atoms with E-state index >= 15 is 0 Å². The van der Waals surface area contributed by atoms with E-state index in [1.807, 2.05) is 0 Å². The summed E-state index contributed by atoms with van der Waals surface area (Å²) in [5.41, 5.74) is 6.40. The Kier molecular flexibility index (Phi) is 2.00. The first kappa shape index (κ1) is 7.19. The first-order valence-electron chi connectivity index (χ1n) is 3.58. The highest BCUT2D eigenvalue weighted by Crippen LogP contribution is 2.24. The molecule has 0 saturated carbocycles. The van der Waals surface area contributed by atoms with E-state index in [9.17, 15) is 0 Å². The molecule has 1 unspecified atom stereocenters. The van der Waals surface area contributed by atoms with Crippen LogP contribution < -0.4 is 5.73 Å². The van der Waals surface area contributed by atoms with Gasteiger partial charge >= 0.3 is 0 Å². The molecule has 1 heterocycles. The van der Waals surface area contributed by atoms with Gasteiger partial charge in [0.25, 0.3) is 0 Å². The first-order chi connectivity index (χ1) is 4.75. The molecule has 0 aliphatic heterocycles. The number of hydrogen-bond donors (Lipinski definition) is 1. The predicted molar refractivity (Wildman–Crippen MR) is 41.8 cm³/mol. The molecule has 56 valence electrons. The molecule has 1 aromatic rings. The zero-order valence-corrected chi connectivity index (χ0v) is 6.42. The fourth-order valence-corrected chi connectivity index (χ4v) is 0.917. The molecule has 10 heavy (non-hydrogen) atoms. The van der Waals surface area contributed by atoms with Gasteiger partial charge in [0.15, 0.2) is 0 Å². The van der Waals surface area contributed by atoms with Crippen molar-refractivity contribution in [3.05, 3.63) is 18.1 Å². The number of anilines is 1. The molecule has 2 heteroatoms. The Morgan fingerprint density at radius 2 is 2.40 bits per heavy atom. The SMILES string of the molecule is CCC(C)c1occc1N. The molecule has 1 rings (SSSR count). The van der Waals surface area contributed by atoms with Crippen LogP contribution in [0.3, 0.4) is 0 Å². The van der Waals surface area contributed by atoms with E-state index in [1.165, 1.54) is 0 Å². The fraction of sp³-hybridized carbons (Fsp3) is 0.500. The molecule has 1 atom stereocenters. The molecule has 0 radical (unpaired) electrons. The summed E-state index contributed by atoms with van der Waals surface area (Å²) >= 11 is 0. The maximum atomic E-state index is 5.62. The van der Waals surface area contributed by atoms with Crippen LogP contribution in [0.1, 0.15) is 31.9 Å². The monoisotopic (exact) mass is 139 g/mol. The zero-order chi connectivity index (χ0) is 7.56. The Bertz CT molecular complexity index is 205. The standard InChI is InChI=1S/C8H13NO/c1-3-6(2)8-7(9)4-5-10-8/h4-6H,3,9H2,1-2H3. The molecule has 2 nitrogen and oxygen atoms in total. The highest BCUT2D eigenvalue weighted by molar-refractivity contribution is 5.42. The largest absolute Gasteiger partial charge is 0.467 e. The molecular formula is C8H13NO. The zero-order valence-electron chi connectivity index (χ0n) is 6.42. The molecule has 0 saturated heterocycles. The molecule has 0 spiro atoms. The van der Waals surface area contributed by atoms with Crippen molar-refractivity contribution in [2.24, 2.45) is 0 Å². The van der Waals surface area contributed by atoms with Crippen molar-refractivity contribution in [1.29, 1.82) is 0 Å². The second-order valence-corrected chi connectivity index (χ2v) is 2.55. The number of furan rings is 1. The molecule has 0 aliphatic rings. The van der Waals surface area contributed by atoms with E-state index in [0.29, 0.717) is 5.92 Å². The van der Waals surface area contributed by atoms with Gasteiger partial charge in [-0.1, -0.05) is 13.8 Å². The summed E-state index contributed by atoms with van der Waals surface area (Å²) in [6.07, 6.45) is 2.70. The normalized spacial score (nSPS) is 13.4. The Labute approximate surface area is 61.0 Å². The fourth-order valence-electron chi connectivity index (χ4n) is 0.917. The number of nitrogen functional groups attached to an aromatic ring is 1. The summed E-state index contributed by atoms with van der Waals surface area (Å²) in [7, 11) is 0. The predicted octanol–water partition coefficient (Wildman–Crippen LogP) is 2.38. The molecular weight excluding hydrogens is 126 g/mol. The molecule has 1 aromatic heterocycles. The van der Waals surface area contributed by atoms with E-state index in [1.54, 1.807) is 12.3 Å². The summed E-state index contributed by atoms with van der Waals surface area (Å²) in [5, 5.41) is 0. The lowest BCUT2D eigenvalue weighted by Crippen LogP contribution is -1.93. The van der Waals surface area contributed by atoms with E-state index in [2.05, 4.69) is 13.8 Å². The minimum atomic E-state index is 0.440. The lowest BCUT2D eigenvalue weighted by molar-refractivity contribution is 0.471. The Morgan fingerprint density at radius 3 is 2.80 bits per heavy atom. The molecule has 0 fully saturated rings. The van der Waals surface area contributed by atoms with Crippen LogP contribution in [0, 0.1) is 0 Å². The van der Waals surface area contributed by atoms with Crippen LogP contribution in [0.5, 0.6) is 0 Å². The Balaban J connectivity index is 2.82. The van der Waals surface area contributed by atoms with Gasteiger partial charge in [-0.2, -0.15) is 0 Å². The summed E-state index contributed by atoms with van der Waals surface area (Å²) in [6, 6.07) is 1.79. The third-order valence-corrected chi connectivity index (χ3v) is 1.79.